The number of aromatic nitrogens is 1. The fourth-order valence-electron chi connectivity index (χ4n) is 1.64. The molecule has 100 valence electrons. The second-order valence-electron chi connectivity index (χ2n) is 4.29. The summed E-state index contributed by atoms with van der Waals surface area (Å²) in [6.07, 6.45) is 2.66. The molecule has 0 aliphatic heterocycles. The molecule has 19 heavy (non-hydrogen) atoms. The second-order valence-corrected chi connectivity index (χ2v) is 5.86. The van der Waals surface area contributed by atoms with Crippen molar-refractivity contribution in [2.45, 2.75) is 24.8 Å². The maximum Gasteiger partial charge on any atom is 0.297 e. The zero-order valence-corrected chi connectivity index (χ0v) is 11.6. The Labute approximate surface area is 113 Å². The molecule has 1 aromatic heterocycles. The van der Waals surface area contributed by atoms with Crippen LogP contribution in [0, 0.1) is 6.92 Å². The molecule has 0 spiro atoms. The van der Waals surface area contributed by atoms with Gasteiger partial charge in [-0.1, -0.05) is 17.7 Å². The predicted molar refractivity (Wildman–Crippen MR) is 72.1 cm³/mol. The van der Waals surface area contributed by atoms with Crippen LogP contribution in [0.2, 0.25) is 0 Å². The van der Waals surface area contributed by atoms with E-state index in [2.05, 4.69) is 4.98 Å². The first-order valence-electron chi connectivity index (χ1n) is 5.89. The number of aryl methyl sites for hydroxylation is 1. The van der Waals surface area contributed by atoms with Gasteiger partial charge in [-0.25, -0.2) is 0 Å². The zero-order chi connectivity index (χ0) is 13.9. The summed E-state index contributed by atoms with van der Waals surface area (Å²) in [6, 6.07) is 10.0. The van der Waals surface area contributed by atoms with Crippen molar-refractivity contribution in [2.75, 3.05) is 0 Å². The third-order valence-electron chi connectivity index (χ3n) is 2.76. The molecule has 4 nitrogen and oxygen atoms in total. The predicted octanol–water partition coefficient (Wildman–Crippen LogP) is 2.86. The third kappa shape index (κ3) is 3.39. The molecule has 0 aliphatic rings. The van der Waals surface area contributed by atoms with Crippen LogP contribution in [0.5, 0.6) is 0 Å². The van der Waals surface area contributed by atoms with Crippen molar-refractivity contribution in [2.24, 2.45) is 0 Å². The van der Waals surface area contributed by atoms with Gasteiger partial charge in [0, 0.05) is 12.4 Å². The van der Waals surface area contributed by atoms with Gasteiger partial charge in [-0.05, 0) is 43.7 Å². The molecule has 0 radical (unpaired) electrons. The van der Waals surface area contributed by atoms with Gasteiger partial charge in [0.15, 0.2) is 0 Å². The van der Waals surface area contributed by atoms with E-state index in [-0.39, 0.29) is 4.90 Å². The van der Waals surface area contributed by atoms with E-state index in [0.717, 1.165) is 11.1 Å². The Balaban J connectivity index is 2.20. The summed E-state index contributed by atoms with van der Waals surface area (Å²) in [6.45, 7) is 3.60. The van der Waals surface area contributed by atoms with Gasteiger partial charge in [-0.3, -0.25) is 9.17 Å². The first-order valence-corrected chi connectivity index (χ1v) is 7.30. The monoisotopic (exact) mass is 277 g/mol. The summed E-state index contributed by atoms with van der Waals surface area (Å²) in [5, 5.41) is 0. The van der Waals surface area contributed by atoms with Crippen LogP contribution in [0.4, 0.5) is 0 Å². The van der Waals surface area contributed by atoms with E-state index in [9.17, 15) is 8.42 Å². The Morgan fingerprint density at radius 3 is 2.21 bits per heavy atom. The highest BCUT2D eigenvalue weighted by Crippen LogP contribution is 2.22. The molecule has 1 heterocycles. The molecule has 2 aromatic rings. The molecule has 0 saturated carbocycles. The quantitative estimate of drug-likeness (QED) is 0.806. The molecule has 0 aliphatic carbocycles. The molecule has 0 fully saturated rings. The Morgan fingerprint density at radius 2 is 1.63 bits per heavy atom. The summed E-state index contributed by atoms with van der Waals surface area (Å²) in [5.74, 6) is 0. The molecule has 5 heteroatoms. The zero-order valence-electron chi connectivity index (χ0n) is 10.8. The lowest BCUT2D eigenvalue weighted by Gasteiger charge is -2.13. The van der Waals surface area contributed by atoms with E-state index >= 15 is 0 Å². The molecular weight excluding hydrogens is 262 g/mol. The van der Waals surface area contributed by atoms with Crippen LogP contribution >= 0.6 is 0 Å². The van der Waals surface area contributed by atoms with E-state index in [4.69, 9.17) is 4.18 Å². The Hall–Kier alpha value is -1.72. The Morgan fingerprint density at radius 1 is 1.05 bits per heavy atom. The van der Waals surface area contributed by atoms with Gasteiger partial charge in [-0.2, -0.15) is 8.42 Å². The molecule has 2 rings (SSSR count). The summed E-state index contributed by atoms with van der Waals surface area (Å²) in [7, 11) is -3.74. The fourth-order valence-corrected chi connectivity index (χ4v) is 2.71. The number of hydrogen-bond donors (Lipinski definition) is 0. The van der Waals surface area contributed by atoms with Crippen molar-refractivity contribution in [3.8, 4) is 0 Å². The highest BCUT2D eigenvalue weighted by molar-refractivity contribution is 7.86. The van der Waals surface area contributed by atoms with Crippen LogP contribution in [0.1, 0.15) is 24.2 Å². The van der Waals surface area contributed by atoms with Crippen molar-refractivity contribution in [1.29, 1.82) is 0 Å². The van der Waals surface area contributed by atoms with Gasteiger partial charge in [0.1, 0.15) is 0 Å². The van der Waals surface area contributed by atoms with Crippen molar-refractivity contribution < 1.29 is 12.6 Å². The van der Waals surface area contributed by atoms with Crippen LogP contribution in [-0.4, -0.2) is 13.4 Å². The maximum absolute atomic E-state index is 12.1. The average Bonchev–Trinajstić information content (AvgIpc) is 2.40. The van der Waals surface area contributed by atoms with Gasteiger partial charge in [0.2, 0.25) is 0 Å². The van der Waals surface area contributed by atoms with Gasteiger partial charge < -0.3 is 0 Å². The van der Waals surface area contributed by atoms with Gasteiger partial charge in [0.25, 0.3) is 10.1 Å². The number of rotatable bonds is 4. The Kier molecular flexibility index (Phi) is 3.97. The molecule has 0 N–H and O–H groups in total. The number of benzene rings is 1. The number of nitrogens with zero attached hydrogens (tertiary/aromatic N) is 1. The standard InChI is InChI=1S/C14H15NO3S/c1-11-3-5-14(6-4-11)19(16,17)18-12(2)13-7-9-15-10-8-13/h3-10,12H,1-2H3/t12-/m1/s1. The minimum absolute atomic E-state index is 0.166. The van der Waals surface area contributed by atoms with E-state index < -0.39 is 16.2 Å². The van der Waals surface area contributed by atoms with Gasteiger partial charge >= 0.3 is 0 Å². The maximum atomic E-state index is 12.1. The van der Waals surface area contributed by atoms with E-state index in [1.165, 1.54) is 0 Å². The fraction of sp³-hybridized carbons (Fsp3) is 0.214. The third-order valence-corrected chi connectivity index (χ3v) is 4.15. The Bertz CT molecular complexity index is 636. The van der Waals surface area contributed by atoms with Gasteiger partial charge in [0.05, 0.1) is 11.0 Å². The van der Waals surface area contributed by atoms with E-state index in [1.54, 1.807) is 55.7 Å². The van der Waals surface area contributed by atoms with Crippen molar-refractivity contribution in [3.63, 3.8) is 0 Å². The number of pyridine rings is 1. The SMILES string of the molecule is Cc1ccc(S(=O)(=O)O[C@H](C)c2ccncc2)cc1. The minimum Gasteiger partial charge on any atom is -0.265 e. The van der Waals surface area contributed by atoms with Crippen LogP contribution in [-0.2, 0) is 14.3 Å². The van der Waals surface area contributed by atoms with Crippen molar-refractivity contribution in [1.82, 2.24) is 4.98 Å². The van der Waals surface area contributed by atoms with Crippen LogP contribution < -0.4 is 0 Å². The van der Waals surface area contributed by atoms with Crippen molar-refractivity contribution >= 4 is 10.1 Å². The van der Waals surface area contributed by atoms with Crippen LogP contribution in [0.15, 0.2) is 53.7 Å². The molecule has 0 bridgehead atoms. The lowest BCUT2D eigenvalue weighted by Crippen LogP contribution is -2.10. The molecule has 1 atom stereocenters. The smallest absolute Gasteiger partial charge is 0.265 e. The highest BCUT2D eigenvalue weighted by Gasteiger charge is 2.19. The lowest BCUT2D eigenvalue weighted by atomic mass is 10.2. The number of hydrogen-bond acceptors (Lipinski definition) is 4. The highest BCUT2D eigenvalue weighted by atomic mass is 32.2. The summed E-state index contributed by atoms with van der Waals surface area (Å²) in [5.41, 5.74) is 1.77. The minimum atomic E-state index is -3.74. The molecule has 0 amide bonds. The normalized spacial score (nSPS) is 13.2. The summed E-state index contributed by atoms with van der Waals surface area (Å²) in [4.78, 5) is 4.05. The molecule has 0 saturated heterocycles. The van der Waals surface area contributed by atoms with Gasteiger partial charge in [-0.15, -0.1) is 0 Å². The van der Waals surface area contributed by atoms with Crippen LogP contribution in [0.25, 0.3) is 0 Å². The topological polar surface area (TPSA) is 56.3 Å². The van der Waals surface area contributed by atoms with E-state index in [1.807, 2.05) is 6.92 Å². The van der Waals surface area contributed by atoms with E-state index in [0.29, 0.717) is 0 Å². The largest absolute Gasteiger partial charge is 0.297 e. The average molecular weight is 277 g/mol. The molecular formula is C14H15NO3S. The second kappa shape index (κ2) is 5.50. The first kappa shape index (κ1) is 13.7. The van der Waals surface area contributed by atoms with Crippen LogP contribution in [0.3, 0.4) is 0 Å². The van der Waals surface area contributed by atoms with Crippen molar-refractivity contribution in [3.05, 3.63) is 59.9 Å². The summed E-state index contributed by atoms with van der Waals surface area (Å²) < 4.78 is 29.4. The molecule has 0 unspecified atom stereocenters. The summed E-state index contributed by atoms with van der Waals surface area (Å²) >= 11 is 0. The lowest BCUT2D eigenvalue weighted by molar-refractivity contribution is 0.234. The first-order chi connectivity index (χ1) is 8.99. The molecule has 1 aromatic carbocycles.